The van der Waals surface area contributed by atoms with E-state index in [4.69, 9.17) is 5.73 Å². The molecule has 0 amide bonds. The Morgan fingerprint density at radius 2 is 2.00 bits per heavy atom. The van der Waals surface area contributed by atoms with Gasteiger partial charge in [-0.1, -0.05) is 18.2 Å². The Morgan fingerprint density at radius 1 is 1.11 bits per heavy atom. The van der Waals surface area contributed by atoms with Gasteiger partial charge >= 0.3 is 0 Å². The summed E-state index contributed by atoms with van der Waals surface area (Å²) < 4.78 is 13.7. The van der Waals surface area contributed by atoms with Gasteiger partial charge in [-0.05, 0) is 24.3 Å². The Balaban J connectivity index is 2.30. The molecule has 2 N–H and O–H groups in total. The molecular weight excluding hydrogens is 241 g/mol. The first-order chi connectivity index (χ1) is 9.29. The Hall–Kier alpha value is -2.33. The van der Waals surface area contributed by atoms with Crippen LogP contribution in [0, 0.1) is 5.82 Å². The maximum absolute atomic E-state index is 13.7. The zero-order chi connectivity index (χ0) is 13.2. The molecule has 4 heteroatoms. The van der Waals surface area contributed by atoms with Gasteiger partial charge in [0.05, 0.1) is 11.4 Å². The molecule has 0 fully saturated rings. The first-order valence-electron chi connectivity index (χ1n) is 5.99. The van der Waals surface area contributed by atoms with Gasteiger partial charge in [0.15, 0.2) is 0 Å². The van der Waals surface area contributed by atoms with Gasteiger partial charge in [-0.25, -0.2) is 9.37 Å². The number of rotatable bonds is 2. The molecule has 0 spiro atoms. The highest BCUT2D eigenvalue weighted by atomic mass is 19.1. The van der Waals surface area contributed by atoms with Crippen molar-refractivity contribution in [1.82, 2.24) is 9.97 Å². The second kappa shape index (κ2) is 4.74. The van der Waals surface area contributed by atoms with Crippen molar-refractivity contribution in [3.63, 3.8) is 0 Å². The molecule has 19 heavy (non-hydrogen) atoms. The third kappa shape index (κ3) is 2.06. The molecule has 0 aliphatic rings. The van der Waals surface area contributed by atoms with Crippen LogP contribution in [0.2, 0.25) is 0 Å². The third-order valence-corrected chi connectivity index (χ3v) is 3.01. The van der Waals surface area contributed by atoms with Crippen molar-refractivity contribution >= 4 is 10.9 Å². The van der Waals surface area contributed by atoms with E-state index in [1.807, 2.05) is 30.3 Å². The van der Waals surface area contributed by atoms with Crippen LogP contribution in [0.5, 0.6) is 0 Å². The number of hydrogen-bond donors (Lipinski definition) is 1. The van der Waals surface area contributed by atoms with Crippen LogP contribution in [0.15, 0.2) is 48.7 Å². The number of para-hydroxylation sites is 1. The van der Waals surface area contributed by atoms with Crippen molar-refractivity contribution < 1.29 is 4.39 Å². The summed E-state index contributed by atoms with van der Waals surface area (Å²) in [7, 11) is 0. The number of pyridine rings is 2. The van der Waals surface area contributed by atoms with Gasteiger partial charge in [-0.3, -0.25) is 4.98 Å². The van der Waals surface area contributed by atoms with Crippen LogP contribution < -0.4 is 5.73 Å². The SMILES string of the molecule is NCc1nc2c(F)cccc2cc1-c1ccccn1. The molecular formula is C15H12FN3. The van der Waals surface area contributed by atoms with Crippen molar-refractivity contribution in [3.8, 4) is 11.3 Å². The van der Waals surface area contributed by atoms with Crippen LogP contribution >= 0.6 is 0 Å². The molecule has 3 rings (SSSR count). The van der Waals surface area contributed by atoms with Gasteiger partial charge in [-0.15, -0.1) is 0 Å². The summed E-state index contributed by atoms with van der Waals surface area (Å²) in [6.45, 7) is 0.246. The average Bonchev–Trinajstić information content (AvgIpc) is 2.47. The molecule has 2 aromatic heterocycles. The number of fused-ring (bicyclic) bond motifs is 1. The van der Waals surface area contributed by atoms with Gasteiger partial charge in [-0.2, -0.15) is 0 Å². The van der Waals surface area contributed by atoms with E-state index in [9.17, 15) is 4.39 Å². The summed E-state index contributed by atoms with van der Waals surface area (Å²) in [4.78, 5) is 8.63. The highest BCUT2D eigenvalue weighted by Crippen LogP contribution is 2.26. The van der Waals surface area contributed by atoms with Crippen LogP contribution in [0.3, 0.4) is 0 Å². The predicted octanol–water partition coefficient (Wildman–Crippen LogP) is 2.89. The standard InChI is InChI=1S/C15H12FN3/c16-12-5-3-4-10-8-11(13-6-1-2-7-18-13)14(9-17)19-15(10)12/h1-8H,9,17H2. The fraction of sp³-hybridized carbons (Fsp3) is 0.0667. The van der Waals surface area contributed by atoms with Crippen molar-refractivity contribution in [2.24, 2.45) is 5.73 Å². The lowest BCUT2D eigenvalue weighted by Gasteiger charge is -2.09. The maximum atomic E-state index is 13.7. The minimum atomic E-state index is -0.334. The van der Waals surface area contributed by atoms with Crippen molar-refractivity contribution in [2.45, 2.75) is 6.54 Å². The van der Waals surface area contributed by atoms with Crippen LogP contribution in [-0.4, -0.2) is 9.97 Å². The molecule has 0 atom stereocenters. The maximum Gasteiger partial charge on any atom is 0.149 e. The molecule has 0 aliphatic heterocycles. The van der Waals surface area contributed by atoms with Crippen LogP contribution in [0.1, 0.15) is 5.69 Å². The molecule has 1 aromatic carbocycles. The van der Waals surface area contributed by atoms with E-state index < -0.39 is 0 Å². The highest BCUT2D eigenvalue weighted by molar-refractivity contribution is 5.84. The monoisotopic (exact) mass is 253 g/mol. The smallest absolute Gasteiger partial charge is 0.149 e. The lowest BCUT2D eigenvalue weighted by Crippen LogP contribution is -2.04. The number of nitrogens with two attached hydrogens (primary N) is 1. The Kier molecular flexibility index (Phi) is 2.93. The van der Waals surface area contributed by atoms with E-state index in [1.165, 1.54) is 6.07 Å². The predicted molar refractivity (Wildman–Crippen MR) is 72.8 cm³/mol. The second-order valence-electron chi connectivity index (χ2n) is 4.21. The van der Waals surface area contributed by atoms with Gasteiger partial charge in [0.1, 0.15) is 11.3 Å². The van der Waals surface area contributed by atoms with E-state index in [1.54, 1.807) is 12.3 Å². The van der Waals surface area contributed by atoms with E-state index in [2.05, 4.69) is 9.97 Å². The van der Waals surface area contributed by atoms with Gasteiger partial charge < -0.3 is 5.73 Å². The lowest BCUT2D eigenvalue weighted by molar-refractivity contribution is 0.636. The Morgan fingerprint density at radius 3 is 2.74 bits per heavy atom. The van der Waals surface area contributed by atoms with Crippen molar-refractivity contribution in [2.75, 3.05) is 0 Å². The first-order valence-corrected chi connectivity index (χ1v) is 5.99. The van der Waals surface area contributed by atoms with E-state index >= 15 is 0 Å². The van der Waals surface area contributed by atoms with Gasteiger partial charge in [0, 0.05) is 23.7 Å². The number of benzene rings is 1. The summed E-state index contributed by atoms with van der Waals surface area (Å²) in [5.74, 6) is -0.334. The topological polar surface area (TPSA) is 51.8 Å². The van der Waals surface area contributed by atoms with Crippen LogP contribution in [-0.2, 0) is 6.54 Å². The van der Waals surface area contributed by atoms with E-state index in [0.29, 0.717) is 11.2 Å². The average molecular weight is 253 g/mol. The Labute approximate surface area is 109 Å². The summed E-state index contributed by atoms with van der Waals surface area (Å²) >= 11 is 0. The minimum Gasteiger partial charge on any atom is -0.325 e. The van der Waals surface area contributed by atoms with E-state index in [0.717, 1.165) is 16.6 Å². The number of hydrogen-bond acceptors (Lipinski definition) is 3. The molecule has 0 bridgehead atoms. The third-order valence-electron chi connectivity index (χ3n) is 3.01. The summed E-state index contributed by atoms with van der Waals surface area (Å²) in [6.07, 6.45) is 1.71. The van der Waals surface area contributed by atoms with Crippen molar-refractivity contribution in [3.05, 3.63) is 60.2 Å². The largest absolute Gasteiger partial charge is 0.325 e. The van der Waals surface area contributed by atoms with Gasteiger partial charge in [0.2, 0.25) is 0 Å². The molecule has 0 radical (unpaired) electrons. The number of aromatic nitrogens is 2. The normalized spacial score (nSPS) is 10.8. The number of halogens is 1. The fourth-order valence-electron chi connectivity index (χ4n) is 2.10. The second-order valence-corrected chi connectivity index (χ2v) is 4.21. The molecule has 94 valence electrons. The number of nitrogens with zero attached hydrogens (tertiary/aromatic N) is 2. The van der Waals surface area contributed by atoms with Gasteiger partial charge in [0.25, 0.3) is 0 Å². The zero-order valence-corrected chi connectivity index (χ0v) is 10.2. The minimum absolute atomic E-state index is 0.246. The lowest BCUT2D eigenvalue weighted by atomic mass is 10.1. The molecule has 0 saturated carbocycles. The van der Waals surface area contributed by atoms with Crippen LogP contribution in [0.25, 0.3) is 22.2 Å². The molecule has 2 heterocycles. The molecule has 0 saturated heterocycles. The van der Waals surface area contributed by atoms with E-state index in [-0.39, 0.29) is 12.4 Å². The fourth-order valence-corrected chi connectivity index (χ4v) is 2.10. The zero-order valence-electron chi connectivity index (χ0n) is 10.2. The molecule has 0 aliphatic carbocycles. The highest BCUT2D eigenvalue weighted by Gasteiger charge is 2.10. The molecule has 3 aromatic rings. The summed E-state index contributed by atoms with van der Waals surface area (Å²) in [6, 6.07) is 12.4. The van der Waals surface area contributed by atoms with Crippen molar-refractivity contribution in [1.29, 1.82) is 0 Å². The molecule has 3 nitrogen and oxygen atoms in total. The first kappa shape index (κ1) is 11.7. The summed E-state index contributed by atoms with van der Waals surface area (Å²) in [5, 5.41) is 0.748. The molecule has 0 unspecified atom stereocenters. The Bertz CT molecular complexity index is 726. The van der Waals surface area contributed by atoms with Crippen LogP contribution in [0.4, 0.5) is 4.39 Å². The quantitative estimate of drug-likeness (QED) is 0.764. The summed E-state index contributed by atoms with van der Waals surface area (Å²) in [5.41, 5.74) is 8.36.